The van der Waals surface area contributed by atoms with Gasteiger partial charge in [-0.05, 0) is 76.5 Å². The summed E-state index contributed by atoms with van der Waals surface area (Å²) in [6.07, 6.45) is 8.51. The van der Waals surface area contributed by atoms with Crippen molar-refractivity contribution < 1.29 is 8.84 Å². The van der Waals surface area contributed by atoms with Crippen molar-refractivity contribution in [3.05, 3.63) is 78.3 Å². The number of fused-ring (bicyclic) bond motifs is 5. The van der Waals surface area contributed by atoms with Crippen LogP contribution in [0.5, 0.6) is 5.75 Å². The molecule has 3 aromatic carbocycles. The Morgan fingerprint density at radius 3 is 2.29 bits per heavy atom. The molecule has 1 heterocycles. The number of furan rings is 1. The van der Waals surface area contributed by atoms with Crippen molar-refractivity contribution in [2.24, 2.45) is 0 Å². The van der Waals surface area contributed by atoms with Gasteiger partial charge >= 0.3 is 0 Å². The topological polar surface area (TPSA) is 22.4 Å². The van der Waals surface area contributed by atoms with Gasteiger partial charge < -0.3 is 8.84 Å². The molecule has 1 aliphatic carbocycles. The van der Waals surface area contributed by atoms with E-state index in [1.807, 2.05) is 6.07 Å². The second kappa shape index (κ2) is 8.55. The van der Waals surface area contributed by atoms with E-state index in [9.17, 15) is 0 Å². The van der Waals surface area contributed by atoms with Crippen LogP contribution in [0.1, 0.15) is 44.7 Å². The van der Waals surface area contributed by atoms with Crippen molar-refractivity contribution >= 4 is 29.9 Å². The highest BCUT2D eigenvalue weighted by Crippen LogP contribution is 2.37. The van der Waals surface area contributed by atoms with E-state index in [0.717, 1.165) is 5.75 Å². The molecule has 0 radical (unpaired) electrons. The zero-order chi connectivity index (χ0) is 22.1. The Kier molecular flexibility index (Phi) is 5.98. The number of hydrogen-bond acceptors (Lipinski definition) is 2. The van der Waals surface area contributed by atoms with E-state index in [4.69, 9.17) is 8.84 Å². The van der Waals surface area contributed by atoms with E-state index in [1.165, 1.54) is 47.2 Å². The maximum atomic E-state index is 5.95. The van der Waals surface area contributed by atoms with Gasteiger partial charge in [-0.3, -0.25) is 0 Å². The SMILES string of the molecule is CC(C)(C)[Si](C)(C)Oc1ccoc1.c1ccc2c(c1)ccc1c3c(ccc12)CCCC3. The zero-order valence-electron chi connectivity index (χ0n) is 19.5. The highest BCUT2D eigenvalue weighted by molar-refractivity contribution is 6.74. The Morgan fingerprint density at radius 2 is 1.55 bits per heavy atom. The predicted molar refractivity (Wildman–Crippen MR) is 135 cm³/mol. The lowest BCUT2D eigenvalue weighted by Gasteiger charge is -2.35. The molecule has 31 heavy (non-hydrogen) atoms. The smallest absolute Gasteiger partial charge is 0.250 e. The van der Waals surface area contributed by atoms with Crippen LogP contribution < -0.4 is 4.43 Å². The lowest BCUT2D eigenvalue weighted by Crippen LogP contribution is -2.43. The first-order valence-corrected chi connectivity index (χ1v) is 14.3. The molecular formula is C28H34O2Si. The van der Waals surface area contributed by atoms with Crippen LogP contribution in [0.2, 0.25) is 18.1 Å². The largest absolute Gasteiger partial charge is 0.541 e. The van der Waals surface area contributed by atoms with Gasteiger partial charge in [0.2, 0.25) is 0 Å². The Labute approximate surface area is 187 Å². The van der Waals surface area contributed by atoms with Crippen molar-refractivity contribution in [2.45, 2.75) is 64.6 Å². The summed E-state index contributed by atoms with van der Waals surface area (Å²) in [5.74, 6) is 0.853. The molecule has 0 aliphatic heterocycles. The molecular weight excluding hydrogens is 396 g/mol. The molecule has 0 N–H and O–H groups in total. The van der Waals surface area contributed by atoms with E-state index in [0.29, 0.717) is 0 Å². The summed E-state index contributed by atoms with van der Waals surface area (Å²) in [6, 6.07) is 19.8. The monoisotopic (exact) mass is 430 g/mol. The Hall–Kier alpha value is -2.52. The van der Waals surface area contributed by atoms with Crippen LogP contribution in [0.15, 0.2) is 71.5 Å². The van der Waals surface area contributed by atoms with Crippen LogP contribution in [0, 0.1) is 0 Å². The summed E-state index contributed by atoms with van der Waals surface area (Å²) in [4.78, 5) is 0. The van der Waals surface area contributed by atoms with Crippen LogP contribution in [-0.2, 0) is 12.8 Å². The van der Waals surface area contributed by atoms with Crippen LogP contribution in [0.4, 0.5) is 0 Å². The molecule has 0 saturated heterocycles. The lowest BCUT2D eigenvalue weighted by atomic mass is 9.86. The second-order valence-corrected chi connectivity index (χ2v) is 14.8. The Balaban J connectivity index is 0.000000159. The van der Waals surface area contributed by atoms with Crippen LogP contribution in [0.3, 0.4) is 0 Å². The van der Waals surface area contributed by atoms with Gasteiger partial charge in [-0.2, -0.15) is 0 Å². The molecule has 162 valence electrons. The van der Waals surface area contributed by atoms with Crippen LogP contribution >= 0.6 is 0 Å². The predicted octanol–water partition coefficient (Wildman–Crippen LogP) is 8.54. The fourth-order valence-corrected chi connectivity index (χ4v) is 5.11. The van der Waals surface area contributed by atoms with Crippen LogP contribution in [-0.4, -0.2) is 8.32 Å². The fourth-order valence-electron chi connectivity index (χ4n) is 4.10. The maximum Gasteiger partial charge on any atom is 0.250 e. The van der Waals surface area contributed by atoms with Gasteiger partial charge in [-0.15, -0.1) is 0 Å². The molecule has 4 aromatic rings. The third-order valence-corrected chi connectivity index (χ3v) is 11.3. The Bertz CT molecular complexity index is 1170. The number of benzene rings is 3. The van der Waals surface area contributed by atoms with E-state index in [1.54, 1.807) is 23.7 Å². The molecule has 0 amide bonds. The fraction of sp³-hybridized carbons (Fsp3) is 0.357. The van der Waals surface area contributed by atoms with Gasteiger partial charge in [-0.1, -0.05) is 69.3 Å². The van der Waals surface area contributed by atoms with Crippen LogP contribution in [0.25, 0.3) is 21.5 Å². The summed E-state index contributed by atoms with van der Waals surface area (Å²) < 4.78 is 10.9. The molecule has 0 unspecified atom stereocenters. The van der Waals surface area contributed by atoms with Crippen molar-refractivity contribution in [1.82, 2.24) is 0 Å². The number of hydrogen-bond donors (Lipinski definition) is 0. The van der Waals surface area contributed by atoms with Gasteiger partial charge in [0.25, 0.3) is 8.32 Å². The first-order chi connectivity index (χ1) is 14.8. The molecule has 1 aliphatic rings. The average molecular weight is 431 g/mol. The standard InChI is InChI=1S/C18H16.C10H18O2Si/c1-3-7-15-13(5-1)9-11-18-16-8-4-2-6-14(16)10-12-17(15)18;1-10(2,3)13(4,5)12-9-6-7-11-8-9/h1,3,5,7,9-12H,2,4,6,8H2;6-8H,1-5H3. The van der Waals surface area contributed by atoms with Gasteiger partial charge in [0.1, 0.15) is 12.0 Å². The van der Waals surface area contributed by atoms with Gasteiger partial charge in [0.15, 0.2) is 0 Å². The molecule has 0 bridgehead atoms. The molecule has 0 fully saturated rings. The average Bonchev–Trinajstić information content (AvgIpc) is 3.25. The summed E-state index contributed by atoms with van der Waals surface area (Å²) in [5.41, 5.74) is 3.17. The van der Waals surface area contributed by atoms with Crippen molar-refractivity contribution in [2.75, 3.05) is 0 Å². The Morgan fingerprint density at radius 1 is 0.806 bits per heavy atom. The highest BCUT2D eigenvalue weighted by Gasteiger charge is 2.39. The summed E-state index contributed by atoms with van der Waals surface area (Å²) >= 11 is 0. The number of rotatable bonds is 2. The second-order valence-electron chi connectivity index (χ2n) is 10.1. The van der Waals surface area contributed by atoms with Crippen molar-refractivity contribution in [3.63, 3.8) is 0 Å². The molecule has 3 heteroatoms. The third-order valence-electron chi connectivity index (χ3n) is 6.93. The summed E-state index contributed by atoms with van der Waals surface area (Å²) in [7, 11) is -1.67. The molecule has 0 spiro atoms. The lowest BCUT2D eigenvalue weighted by molar-refractivity contribution is 0.477. The van der Waals surface area contributed by atoms with E-state index in [2.05, 4.69) is 82.4 Å². The van der Waals surface area contributed by atoms with Gasteiger partial charge in [-0.25, -0.2) is 0 Å². The molecule has 2 nitrogen and oxygen atoms in total. The van der Waals surface area contributed by atoms with Crippen molar-refractivity contribution in [1.29, 1.82) is 0 Å². The minimum Gasteiger partial charge on any atom is -0.541 e. The first kappa shape index (κ1) is 21.7. The molecule has 5 rings (SSSR count). The summed E-state index contributed by atoms with van der Waals surface area (Å²) in [6.45, 7) is 11.1. The summed E-state index contributed by atoms with van der Waals surface area (Å²) in [5, 5.41) is 5.88. The molecule has 0 saturated carbocycles. The van der Waals surface area contributed by atoms with E-state index < -0.39 is 8.32 Å². The molecule has 0 atom stereocenters. The highest BCUT2D eigenvalue weighted by atomic mass is 28.4. The quantitative estimate of drug-likeness (QED) is 0.235. The number of aryl methyl sites for hydroxylation is 2. The molecule has 1 aromatic heterocycles. The van der Waals surface area contributed by atoms with Gasteiger partial charge in [0, 0.05) is 6.07 Å². The van der Waals surface area contributed by atoms with Crippen molar-refractivity contribution in [3.8, 4) is 5.75 Å². The zero-order valence-corrected chi connectivity index (χ0v) is 20.5. The first-order valence-electron chi connectivity index (χ1n) is 11.4. The van der Waals surface area contributed by atoms with E-state index >= 15 is 0 Å². The minimum atomic E-state index is -1.67. The van der Waals surface area contributed by atoms with Gasteiger partial charge in [0.05, 0.1) is 6.26 Å². The normalized spacial score (nSPS) is 14.1. The minimum absolute atomic E-state index is 0.240. The third kappa shape index (κ3) is 4.57. The van der Waals surface area contributed by atoms with E-state index in [-0.39, 0.29) is 5.04 Å². The maximum absolute atomic E-state index is 5.95.